The van der Waals surface area contributed by atoms with Gasteiger partial charge in [-0.1, -0.05) is 0 Å². The van der Waals surface area contributed by atoms with Crippen molar-refractivity contribution >= 4 is 0 Å². The third kappa shape index (κ3) is 1.21. The summed E-state index contributed by atoms with van der Waals surface area (Å²) in [6.45, 7) is 3.66. The fraction of sp³-hybridized carbons (Fsp3) is 1.00. The van der Waals surface area contributed by atoms with Gasteiger partial charge in [-0.05, 0) is 13.8 Å². The molecule has 1 unspecified atom stereocenters. The Bertz CT molecular complexity index is 206. The minimum Gasteiger partial charge on any atom is -0.390 e. The van der Waals surface area contributed by atoms with E-state index in [2.05, 4.69) is 0 Å². The molecule has 5 atom stereocenters. The number of aliphatic hydroxyl groups is 1. The van der Waals surface area contributed by atoms with Crippen LogP contribution in [0.1, 0.15) is 20.3 Å². The predicted octanol–water partition coefficient (Wildman–Crippen LogP) is 0.286. The molecule has 1 N–H and O–H groups in total. The van der Waals surface area contributed by atoms with Gasteiger partial charge in [0.05, 0.1) is 18.3 Å². The molecule has 0 aromatic carbocycles. The monoisotopic (exact) mass is 188 g/mol. The SMILES string of the molecule is COC1C[C@@H]2O[C@]2([C@H](C)O)[C@H](C)O1. The van der Waals surface area contributed by atoms with Crippen molar-refractivity contribution in [1.82, 2.24) is 0 Å². The second kappa shape index (κ2) is 2.92. The first-order valence-corrected chi connectivity index (χ1v) is 4.65. The highest BCUT2D eigenvalue weighted by molar-refractivity contribution is 5.13. The summed E-state index contributed by atoms with van der Waals surface area (Å²) in [5, 5.41) is 9.56. The van der Waals surface area contributed by atoms with E-state index in [1.807, 2.05) is 6.92 Å². The zero-order chi connectivity index (χ0) is 9.64. The van der Waals surface area contributed by atoms with E-state index in [0.717, 1.165) is 0 Å². The molecule has 13 heavy (non-hydrogen) atoms. The molecule has 0 aromatic heterocycles. The summed E-state index contributed by atoms with van der Waals surface area (Å²) in [5.74, 6) is 0. The molecule has 2 rings (SSSR count). The van der Waals surface area contributed by atoms with E-state index in [0.29, 0.717) is 6.42 Å². The molecule has 2 saturated heterocycles. The maximum Gasteiger partial charge on any atom is 0.160 e. The third-order valence-corrected chi connectivity index (χ3v) is 3.11. The highest BCUT2D eigenvalue weighted by Gasteiger charge is 2.67. The molecule has 2 fully saturated rings. The summed E-state index contributed by atoms with van der Waals surface area (Å²) in [5.41, 5.74) is -0.463. The summed E-state index contributed by atoms with van der Waals surface area (Å²) < 4.78 is 16.2. The number of epoxide rings is 1. The summed E-state index contributed by atoms with van der Waals surface area (Å²) in [4.78, 5) is 0. The Labute approximate surface area is 77.8 Å². The largest absolute Gasteiger partial charge is 0.390 e. The first-order chi connectivity index (χ1) is 6.11. The van der Waals surface area contributed by atoms with E-state index >= 15 is 0 Å². The van der Waals surface area contributed by atoms with Crippen molar-refractivity contribution in [2.75, 3.05) is 7.11 Å². The fourth-order valence-corrected chi connectivity index (χ4v) is 2.23. The quantitative estimate of drug-likeness (QED) is 0.633. The number of hydrogen-bond donors (Lipinski definition) is 1. The van der Waals surface area contributed by atoms with Gasteiger partial charge in [0.2, 0.25) is 0 Å². The van der Waals surface area contributed by atoms with E-state index in [-0.39, 0.29) is 18.5 Å². The number of ether oxygens (including phenoxy) is 3. The lowest BCUT2D eigenvalue weighted by atomic mass is 9.90. The van der Waals surface area contributed by atoms with Crippen LogP contribution in [-0.4, -0.2) is 42.4 Å². The molecular weight excluding hydrogens is 172 g/mol. The van der Waals surface area contributed by atoms with Crippen LogP contribution >= 0.6 is 0 Å². The summed E-state index contributed by atoms with van der Waals surface area (Å²) >= 11 is 0. The van der Waals surface area contributed by atoms with Gasteiger partial charge < -0.3 is 19.3 Å². The number of hydrogen-bond acceptors (Lipinski definition) is 4. The first kappa shape index (κ1) is 9.40. The van der Waals surface area contributed by atoms with Crippen molar-refractivity contribution in [3.63, 3.8) is 0 Å². The highest BCUT2D eigenvalue weighted by atomic mass is 16.7. The standard InChI is InChI=1S/C9H16O4/c1-5(10)9-6(2)12-8(11-3)4-7(9)13-9/h5-8,10H,4H2,1-3H3/t5-,6-,7-,8?,9+/m0/s1. The smallest absolute Gasteiger partial charge is 0.160 e. The van der Waals surface area contributed by atoms with Crippen LogP contribution in [0.4, 0.5) is 0 Å². The van der Waals surface area contributed by atoms with Crippen molar-refractivity contribution in [1.29, 1.82) is 0 Å². The highest BCUT2D eigenvalue weighted by Crippen LogP contribution is 2.50. The second-order valence-electron chi connectivity index (χ2n) is 3.82. The minimum absolute atomic E-state index is 0.0983. The molecule has 76 valence electrons. The lowest BCUT2D eigenvalue weighted by molar-refractivity contribution is -0.188. The molecule has 0 aromatic rings. The van der Waals surface area contributed by atoms with Crippen molar-refractivity contribution in [3.05, 3.63) is 0 Å². The van der Waals surface area contributed by atoms with Crippen LogP contribution in [-0.2, 0) is 14.2 Å². The molecule has 4 heteroatoms. The van der Waals surface area contributed by atoms with Crippen molar-refractivity contribution in [2.24, 2.45) is 0 Å². The van der Waals surface area contributed by atoms with Crippen LogP contribution in [0.15, 0.2) is 0 Å². The molecule has 0 aliphatic carbocycles. The Balaban J connectivity index is 2.07. The van der Waals surface area contributed by atoms with Gasteiger partial charge in [-0.3, -0.25) is 0 Å². The van der Waals surface area contributed by atoms with Gasteiger partial charge >= 0.3 is 0 Å². The van der Waals surface area contributed by atoms with Crippen molar-refractivity contribution < 1.29 is 19.3 Å². The van der Waals surface area contributed by atoms with Crippen LogP contribution in [0, 0.1) is 0 Å². The van der Waals surface area contributed by atoms with Crippen LogP contribution in [0.2, 0.25) is 0 Å². The van der Waals surface area contributed by atoms with E-state index < -0.39 is 11.7 Å². The molecule has 4 nitrogen and oxygen atoms in total. The lowest BCUT2D eigenvalue weighted by Gasteiger charge is -2.31. The van der Waals surface area contributed by atoms with Crippen LogP contribution in [0.3, 0.4) is 0 Å². The maximum atomic E-state index is 9.56. The Kier molecular flexibility index (Phi) is 2.11. The molecule has 0 bridgehead atoms. The Morgan fingerprint density at radius 1 is 1.62 bits per heavy atom. The normalized spacial score (nSPS) is 51.2. The van der Waals surface area contributed by atoms with Crippen molar-refractivity contribution in [2.45, 2.75) is 50.5 Å². The average Bonchev–Trinajstić information content (AvgIpc) is 2.80. The summed E-state index contributed by atoms with van der Waals surface area (Å²) in [6.07, 6.45) is 0.0447. The molecule has 2 heterocycles. The van der Waals surface area contributed by atoms with E-state index in [9.17, 15) is 5.11 Å². The number of aliphatic hydroxyl groups excluding tert-OH is 1. The molecule has 0 radical (unpaired) electrons. The predicted molar refractivity (Wildman–Crippen MR) is 45.2 cm³/mol. The molecule has 0 spiro atoms. The molecule has 2 aliphatic heterocycles. The molecule has 0 saturated carbocycles. The van der Waals surface area contributed by atoms with Gasteiger partial charge in [0.25, 0.3) is 0 Å². The van der Waals surface area contributed by atoms with Crippen LogP contribution in [0.5, 0.6) is 0 Å². The maximum absolute atomic E-state index is 9.56. The molecular formula is C9H16O4. The van der Waals surface area contributed by atoms with Gasteiger partial charge in [-0.2, -0.15) is 0 Å². The van der Waals surface area contributed by atoms with Crippen LogP contribution < -0.4 is 0 Å². The zero-order valence-corrected chi connectivity index (χ0v) is 8.19. The summed E-state index contributed by atoms with van der Waals surface area (Å²) in [7, 11) is 1.62. The Hall–Kier alpha value is -0.160. The number of rotatable bonds is 2. The van der Waals surface area contributed by atoms with Gasteiger partial charge in [0, 0.05) is 13.5 Å². The van der Waals surface area contributed by atoms with Gasteiger partial charge in [0.1, 0.15) is 5.60 Å². The van der Waals surface area contributed by atoms with Gasteiger partial charge in [-0.15, -0.1) is 0 Å². The topological polar surface area (TPSA) is 51.2 Å². The zero-order valence-electron chi connectivity index (χ0n) is 8.19. The summed E-state index contributed by atoms with van der Waals surface area (Å²) in [6, 6.07) is 0. The molecule has 0 amide bonds. The number of fused-ring (bicyclic) bond motifs is 1. The molecule has 2 aliphatic rings. The van der Waals surface area contributed by atoms with Gasteiger partial charge in [0.15, 0.2) is 6.29 Å². The Morgan fingerprint density at radius 3 is 2.77 bits per heavy atom. The fourth-order valence-electron chi connectivity index (χ4n) is 2.23. The third-order valence-electron chi connectivity index (χ3n) is 3.11. The minimum atomic E-state index is -0.481. The van der Waals surface area contributed by atoms with E-state index in [1.165, 1.54) is 0 Å². The van der Waals surface area contributed by atoms with Gasteiger partial charge in [-0.25, -0.2) is 0 Å². The Morgan fingerprint density at radius 2 is 2.31 bits per heavy atom. The average molecular weight is 188 g/mol. The number of methoxy groups -OCH3 is 1. The van der Waals surface area contributed by atoms with E-state index in [1.54, 1.807) is 14.0 Å². The van der Waals surface area contributed by atoms with E-state index in [4.69, 9.17) is 14.2 Å². The first-order valence-electron chi connectivity index (χ1n) is 4.65. The second-order valence-corrected chi connectivity index (χ2v) is 3.82. The van der Waals surface area contributed by atoms with Crippen LogP contribution in [0.25, 0.3) is 0 Å². The van der Waals surface area contributed by atoms with Crippen molar-refractivity contribution in [3.8, 4) is 0 Å². The lowest BCUT2D eigenvalue weighted by Crippen LogP contribution is -2.48.